The summed E-state index contributed by atoms with van der Waals surface area (Å²) in [5.41, 5.74) is 0. The van der Waals surface area contributed by atoms with Gasteiger partial charge in [0.25, 0.3) is 0 Å². The van der Waals surface area contributed by atoms with Gasteiger partial charge in [0.15, 0.2) is 6.30 Å². The average Bonchev–Trinajstić information content (AvgIpc) is 2.03. The van der Waals surface area contributed by atoms with E-state index in [9.17, 15) is 4.39 Å². The lowest BCUT2D eigenvalue weighted by molar-refractivity contribution is 0.0963. The Morgan fingerprint density at radius 3 is 2.82 bits per heavy atom. The molecule has 1 aliphatic heterocycles. The summed E-state index contributed by atoms with van der Waals surface area (Å²) in [7, 11) is 0. The molecule has 1 rings (SSSR count). The maximum atomic E-state index is 12.8. The Hall–Kier alpha value is -0.150. The third-order valence-corrected chi connectivity index (χ3v) is 2.33. The number of aliphatic hydroxyl groups excluding tert-OH is 1. The first-order chi connectivity index (χ1) is 5.26. The zero-order chi connectivity index (χ0) is 8.27. The number of hydrogen-bond donors (Lipinski definition) is 2. The molecule has 3 heteroatoms. The number of hydrogen-bond acceptors (Lipinski definition) is 2. The summed E-state index contributed by atoms with van der Waals surface area (Å²) in [5.74, 6) is 0.163. The van der Waals surface area contributed by atoms with Crippen LogP contribution in [0.25, 0.3) is 0 Å². The third-order valence-electron chi connectivity index (χ3n) is 2.33. The Morgan fingerprint density at radius 1 is 1.55 bits per heavy atom. The highest BCUT2D eigenvalue weighted by Gasteiger charge is 2.26. The molecule has 0 aliphatic carbocycles. The van der Waals surface area contributed by atoms with Gasteiger partial charge in [-0.25, -0.2) is 4.39 Å². The molecule has 1 fully saturated rings. The molecule has 3 unspecified atom stereocenters. The van der Waals surface area contributed by atoms with E-state index in [2.05, 4.69) is 5.32 Å². The van der Waals surface area contributed by atoms with Crippen LogP contribution < -0.4 is 5.32 Å². The average molecular weight is 161 g/mol. The third kappa shape index (κ3) is 2.42. The largest absolute Gasteiger partial charge is 0.396 e. The van der Waals surface area contributed by atoms with Crippen LogP contribution in [0.4, 0.5) is 4.39 Å². The van der Waals surface area contributed by atoms with Crippen LogP contribution in [-0.4, -0.2) is 24.1 Å². The van der Waals surface area contributed by atoms with Gasteiger partial charge in [-0.05, 0) is 25.2 Å². The van der Waals surface area contributed by atoms with E-state index in [0.717, 1.165) is 12.8 Å². The molecule has 0 aromatic heterocycles. The van der Waals surface area contributed by atoms with Crippen molar-refractivity contribution in [2.24, 2.45) is 5.92 Å². The van der Waals surface area contributed by atoms with Crippen molar-refractivity contribution < 1.29 is 9.50 Å². The number of alkyl halides is 1. The summed E-state index contributed by atoms with van der Waals surface area (Å²) in [4.78, 5) is 0. The van der Waals surface area contributed by atoms with Gasteiger partial charge in [-0.15, -0.1) is 0 Å². The van der Waals surface area contributed by atoms with Crippen LogP contribution in [0, 0.1) is 5.92 Å². The summed E-state index contributed by atoms with van der Waals surface area (Å²) in [6.45, 7) is 2.16. The maximum Gasteiger partial charge on any atom is 0.151 e. The van der Waals surface area contributed by atoms with Crippen molar-refractivity contribution in [3.05, 3.63) is 0 Å². The van der Waals surface area contributed by atoms with Crippen molar-refractivity contribution in [2.45, 2.75) is 38.5 Å². The van der Waals surface area contributed by atoms with Gasteiger partial charge in [0.05, 0.1) is 0 Å². The van der Waals surface area contributed by atoms with E-state index >= 15 is 0 Å². The fraction of sp³-hybridized carbons (Fsp3) is 1.00. The molecule has 1 heterocycles. The maximum absolute atomic E-state index is 12.8. The highest BCUT2D eigenvalue weighted by atomic mass is 19.1. The lowest BCUT2D eigenvalue weighted by atomic mass is 9.91. The molecule has 0 aromatic carbocycles. The standard InChI is InChI=1S/C8H16FNO/c1-2-7-3-6(5-11)4-8(9)10-7/h6-8,10-11H,2-5H2,1H3. The van der Waals surface area contributed by atoms with Gasteiger partial charge in [-0.2, -0.15) is 0 Å². The molecule has 1 aliphatic rings. The summed E-state index contributed by atoms with van der Waals surface area (Å²) >= 11 is 0. The molecular weight excluding hydrogens is 145 g/mol. The summed E-state index contributed by atoms with van der Waals surface area (Å²) in [6, 6.07) is 0.260. The van der Waals surface area contributed by atoms with Crippen molar-refractivity contribution in [1.82, 2.24) is 5.32 Å². The molecule has 0 amide bonds. The van der Waals surface area contributed by atoms with E-state index in [4.69, 9.17) is 5.11 Å². The Bertz CT molecular complexity index is 109. The number of halogens is 1. The fourth-order valence-corrected chi connectivity index (χ4v) is 1.62. The van der Waals surface area contributed by atoms with E-state index < -0.39 is 6.30 Å². The fourth-order valence-electron chi connectivity index (χ4n) is 1.62. The van der Waals surface area contributed by atoms with Crippen LogP contribution in [0.15, 0.2) is 0 Å². The molecule has 2 N–H and O–H groups in total. The van der Waals surface area contributed by atoms with E-state index in [0.29, 0.717) is 6.42 Å². The van der Waals surface area contributed by atoms with Gasteiger partial charge in [0.1, 0.15) is 0 Å². The quantitative estimate of drug-likeness (QED) is 0.593. The highest BCUT2D eigenvalue weighted by Crippen LogP contribution is 2.21. The predicted octanol–water partition coefficient (Wildman–Crippen LogP) is 1.05. The number of aliphatic hydroxyl groups is 1. The van der Waals surface area contributed by atoms with E-state index in [1.165, 1.54) is 0 Å². The Labute approximate surface area is 66.8 Å². The molecule has 0 bridgehead atoms. The molecule has 0 radical (unpaired) electrons. The normalized spacial score (nSPS) is 39.0. The summed E-state index contributed by atoms with van der Waals surface area (Å²) in [5, 5.41) is 11.7. The smallest absolute Gasteiger partial charge is 0.151 e. The van der Waals surface area contributed by atoms with Crippen molar-refractivity contribution in [1.29, 1.82) is 0 Å². The first kappa shape index (κ1) is 8.94. The zero-order valence-electron chi connectivity index (χ0n) is 6.89. The predicted molar refractivity (Wildman–Crippen MR) is 41.9 cm³/mol. The summed E-state index contributed by atoms with van der Waals surface area (Å²) < 4.78 is 12.8. The van der Waals surface area contributed by atoms with Crippen LogP contribution in [0.2, 0.25) is 0 Å². The SMILES string of the molecule is CCC1CC(CO)CC(F)N1. The monoisotopic (exact) mass is 161 g/mol. The molecule has 0 aromatic rings. The van der Waals surface area contributed by atoms with Crippen molar-refractivity contribution in [2.75, 3.05) is 6.61 Å². The van der Waals surface area contributed by atoms with Crippen molar-refractivity contribution in [3.8, 4) is 0 Å². The van der Waals surface area contributed by atoms with Crippen LogP contribution in [0.5, 0.6) is 0 Å². The van der Waals surface area contributed by atoms with Crippen LogP contribution >= 0.6 is 0 Å². The molecule has 11 heavy (non-hydrogen) atoms. The van der Waals surface area contributed by atoms with Crippen molar-refractivity contribution >= 4 is 0 Å². The minimum Gasteiger partial charge on any atom is -0.396 e. The van der Waals surface area contributed by atoms with Gasteiger partial charge < -0.3 is 5.11 Å². The first-order valence-corrected chi connectivity index (χ1v) is 4.27. The second-order valence-corrected chi connectivity index (χ2v) is 3.26. The van der Waals surface area contributed by atoms with Crippen LogP contribution in [0.1, 0.15) is 26.2 Å². The Kier molecular flexibility index (Phi) is 3.27. The zero-order valence-corrected chi connectivity index (χ0v) is 6.89. The molecule has 0 saturated carbocycles. The highest BCUT2D eigenvalue weighted by molar-refractivity contribution is 4.79. The van der Waals surface area contributed by atoms with Gasteiger partial charge in [0, 0.05) is 12.6 Å². The number of piperidine rings is 1. The minimum atomic E-state index is -0.911. The number of nitrogens with one attached hydrogen (secondary N) is 1. The Balaban J connectivity index is 2.37. The molecular formula is C8H16FNO. The molecule has 1 saturated heterocycles. The van der Waals surface area contributed by atoms with E-state index in [-0.39, 0.29) is 18.6 Å². The molecule has 66 valence electrons. The van der Waals surface area contributed by atoms with E-state index in [1.807, 2.05) is 6.92 Å². The molecule has 0 spiro atoms. The second kappa shape index (κ2) is 4.02. The minimum absolute atomic E-state index is 0.124. The van der Waals surface area contributed by atoms with Gasteiger partial charge in [-0.3, -0.25) is 5.32 Å². The lowest BCUT2D eigenvalue weighted by Gasteiger charge is -2.31. The van der Waals surface area contributed by atoms with Crippen LogP contribution in [0.3, 0.4) is 0 Å². The van der Waals surface area contributed by atoms with E-state index in [1.54, 1.807) is 0 Å². The van der Waals surface area contributed by atoms with Gasteiger partial charge in [0.2, 0.25) is 0 Å². The molecule has 2 nitrogen and oxygen atoms in total. The summed E-state index contributed by atoms with van der Waals surface area (Å²) in [6.07, 6.45) is 1.41. The van der Waals surface area contributed by atoms with Crippen molar-refractivity contribution in [3.63, 3.8) is 0 Å². The lowest BCUT2D eigenvalue weighted by Crippen LogP contribution is -2.43. The number of rotatable bonds is 2. The van der Waals surface area contributed by atoms with Crippen LogP contribution in [-0.2, 0) is 0 Å². The second-order valence-electron chi connectivity index (χ2n) is 3.26. The first-order valence-electron chi connectivity index (χ1n) is 4.27. The molecule has 3 atom stereocenters. The van der Waals surface area contributed by atoms with Gasteiger partial charge in [-0.1, -0.05) is 6.92 Å². The topological polar surface area (TPSA) is 32.3 Å². The van der Waals surface area contributed by atoms with Gasteiger partial charge >= 0.3 is 0 Å². The Morgan fingerprint density at radius 2 is 2.27 bits per heavy atom.